The first-order valence-electron chi connectivity index (χ1n) is 8.06. The molecule has 3 heteroatoms. The van der Waals surface area contributed by atoms with Crippen LogP contribution in [0.5, 0.6) is 0 Å². The van der Waals surface area contributed by atoms with Gasteiger partial charge in [0.15, 0.2) is 5.78 Å². The monoisotopic (exact) mass is 310 g/mol. The number of hydrogen-bond acceptors (Lipinski definition) is 3. The SMILES string of the molecule is Cc1cc(C)c(C2C(=O)CC(Cc3ccc(C)o3)C2=O)c(C)c1. The second kappa shape index (κ2) is 5.80. The lowest BCUT2D eigenvalue weighted by Gasteiger charge is -2.16. The van der Waals surface area contributed by atoms with E-state index in [-0.39, 0.29) is 17.5 Å². The molecule has 0 N–H and O–H groups in total. The third-order valence-corrected chi connectivity index (χ3v) is 4.73. The van der Waals surface area contributed by atoms with E-state index in [1.807, 2.05) is 52.0 Å². The summed E-state index contributed by atoms with van der Waals surface area (Å²) in [5, 5.41) is 0. The fourth-order valence-electron chi connectivity index (χ4n) is 3.82. The van der Waals surface area contributed by atoms with Gasteiger partial charge in [0.1, 0.15) is 23.2 Å². The Balaban J connectivity index is 1.90. The Labute approximate surface area is 136 Å². The Hall–Kier alpha value is -2.16. The summed E-state index contributed by atoms with van der Waals surface area (Å²) < 4.78 is 5.57. The van der Waals surface area contributed by atoms with Crippen molar-refractivity contribution in [3.8, 4) is 0 Å². The number of carbonyl (C=O) groups is 2. The van der Waals surface area contributed by atoms with Crippen molar-refractivity contribution in [1.82, 2.24) is 0 Å². The third kappa shape index (κ3) is 2.88. The van der Waals surface area contributed by atoms with Crippen LogP contribution in [-0.4, -0.2) is 11.6 Å². The smallest absolute Gasteiger partial charge is 0.151 e. The summed E-state index contributed by atoms with van der Waals surface area (Å²) in [5.74, 6) is 0.831. The zero-order valence-corrected chi connectivity index (χ0v) is 14.1. The van der Waals surface area contributed by atoms with Gasteiger partial charge in [-0.1, -0.05) is 17.7 Å². The number of ketones is 2. The molecule has 1 saturated carbocycles. The van der Waals surface area contributed by atoms with Gasteiger partial charge in [-0.2, -0.15) is 0 Å². The minimum Gasteiger partial charge on any atom is -0.466 e. The maximum atomic E-state index is 12.9. The summed E-state index contributed by atoms with van der Waals surface area (Å²) in [6, 6.07) is 7.88. The van der Waals surface area contributed by atoms with Crippen LogP contribution < -0.4 is 0 Å². The van der Waals surface area contributed by atoms with Crippen molar-refractivity contribution in [2.75, 3.05) is 0 Å². The van der Waals surface area contributed by atoms with Crippen LogP contribution in [0.25, 0.3) is 0 Å². The molecule has 0 aliphatic heterocycles. The number of rotatable bonds is 3. The van der Waals surface area contributed by atoms with E-state index in [0.29, 0.717) is 12.8 Å². The number of furan rings is 1. The zero-order valence-electron chi connectivity index (χ0n) is 14.1. The fourth-order valence-corrected chi connectivity index (χ4v) is 3.82. The highest BCUT2D eigenvalue weighted by molar-refractivity contribution is 6.15. The molecule has 1 aliphatic rings. The molecule has 1 fully saturated rings. The van der Waals surface area contributed by atoms with Crippen LogP contribution in [0, 0.1) is 33.6 Å². The molecule has 0 amide bonds. The standard InChI is InChI=1S/C20H22O3/c1-11-7-12(2)18(13(3)8-11)19-17(21)10-15(20(19)22)9-16-6-5-14(4)23-16/h5-8,15,19H,9-10H2,1-4H3. The first kappa shape index (κ1) is 15.7. The van der Waals surface area contributed by atoms with Gasteiger partial charge in [0.05, 0.1) is 0 Å². The predicted octanol–water partition coefficient (Wildman–Crippen LogP) is 4.00. The van der Waals surface area contributed by atoms with Crippen molar-refractivity contribution in [1.29, 1.82) is 0 Å². The Morgan fingerprint density at radius 3 is 2.26 bits per heavy atom. The minimum absolute atomic E-state index is 0.0401. The third-order valence-electron chi connectivity index (χ3n) is 4.73. The average Bonchev–Trinajstić information content (AvgIpc) is 2.96. The number of carbonyl (C=O) groups excluding carboxylic acids is 2. The topological polar surface area (TPSA) is 47.3 Å². The van der Waals surface area contributed by atoms with Crippen LogP contribution in [0.3, 0.4) is 0 Å². The molecule has 1 aliphatic carbocycles. The van der Waals surface area contributed by atoms with Crippen LogP contribution in [0.4, 0.5) is 0 Å². The summed E-state index contributed by atoms with van der Waals surface area (Å²) in [6.07, 6.45) is 0.828. The van der Waals surface area contributed by atoms with Gasteiger partial charge in [0, 0.05) is 18.8 Å². The zero-order chi connectivity index (χ0) is 16.7. The number of aryl methyl sites for hydroxylation is 4. The maximum absolute atomic E-state index is 12.9. The lowest BCUT2D eigenvalue weighted by molar-refractivity contribution is -0.124. The Morgan fingerprint density at radius 2 is 1.70 bits per heavy atom. The number of hydrogen-bond donors (Lipinski definition) is 0. The van der Waals surface area contributed by atoms with E-state index in [4.69, 9.17) is 4.42 Å². The van der Waals surface area contributed by atoms with Gasteiger partial charge in [-0.25, -0.2) is 0 Å². The Bertz CT molecular complexity index is 759. The molecule has 2 aromatic rings. The van der Waals surface area contributed by atoms with Gasteiger partial charge in [-0.05, 0) is 56.5 Å². The van der Waals surface area contributed by atoms with Crippen molar-refractivity contribution in [2.24, 2.45) is 5.92 Å². The van der Waals surface area contributed by atoms with Crippen molar-refractivity contribution >= 4 is 11.6 Å². The van der Waals surface area contributed by atoms with Gasteiger partial charge in [0.2, 0.25) is 0 Å². The van der Waals surface area contributed by atoms with Gasteiger partial charge in [-0.15, -0.1) is 0 Å². The van der Waals surface area contributed by atoms with Crippen molar-refractivity contribution < 1.29 is 14.0 Å². The summed E-state index contributed by atoms with van der Waals surface area (Å²) in [6.45, 7) is 7.88. The lowest BCUT2D eigenvalue weighted by atomic mass is 9.86. The van der Waals surface area contributed by atoms with Crippen LogP contribution in [0.15, 0.2) is 28.7 Å². The molecule has 1 aromatic carbocycles. The van der Waals surface area contributed by atoms with E-state index in [9.17, 15) is 9.59 Å². The second-order valence-corrected chi connectivity index (χ2v) is 6.73. The summed E-state index contributed by atoms with van der Waals surface area (Å²) in [5.41, 5.74) is 4.13. The van der Waals surface area contributed by atoms with E-state index < -0.39 is 5.92 Å². The number of Topliss-reactive ketones (excluding diaryl/α,β-unsaturated/α-hetero) is 2. The van der Waals surface area contributed by atoms with Crippen LogP contribution in [0.2, 0.25) is 0 Å². The second-order valence-electron chi connectivity index (χ2n) is 6.73. The highest BCUT2D eigenvalue weighted by Crippen LogP contribution is 2.37. The van der Waals surface area contributed by atoms with E-state index in [1.165, 1.54) is 0 Å². The molecule has 120 valence electrons. The number of benzene rings is 1. The van der Waals surface area contributed by atoms with E-state index >= 15 is 0 Å². The minimum atomic E-state index is -0.600. The Kier molecular flexibility index (Phi) is 3.97. The Morgan fingerprint density at radius 1 is 1.04 bits per heavy atom. The molecule has 2 atom stereocenters. The molecular formula is C20H22O3. The first-order chi connectivity index (χ1) is 10.9. The predicted molar refractivity (Wildman–Crippen MR) is 88.7 cm³/mol. The van der Waals surface area contributed by atoms with E-state index in [2.05, 4.69) is 0 Å². The summed E-state index contributed by atoms with van der Waals surface area (Å²) >= 11 is 0. The van der Waals surface area contributed by atoms with Gasteiger partial charge in [0.25, 0.3) is 0 Å². The van der Waals surface area contributed by atoms with E-state index in [1.54, 1.807) is 0 Å². The van der Waals surface area contributed by atoms with Crippen molar-refractivity contribution in [2.45, 2.75) is 46.5 Å². The molecule has 23 heavy (non-hydrogen) atoms. The van der Waals surface area contributed by atoms with Gasteiger partial charge < -0.3 is 4.42 Å². The molecular weight excluding hydrogens is 288 g/mol. The van der Waals surface area contributed by atoms with Crippen LogP contribution in [-0.2, 0) is 16.0 Å². The van der Waals surface area contributed by atoms with Crippen molar-refractivity contribution in [3.05, 3.63) is 58.0 Å². The quantitative estimate of drug-likeness (QED) is 0.805. The lowest BCUT2D eigenvalue weighted by Crippen LogP contribution is -2.18. The summed E-state index contributed by atoms with van der Waals surface area (Å²) in [7, 11) is 0. The van der Waals surface area contributed by atoms with Crippen LogP contribution in [0.1, 0.15) is 46.1 Å². The average molecular weight is 310 g/mol. The fraction of sp³-hybridized carbons (Fsp3) is 0.400. The molecule has 1 heterocycles. The molecule has 2 unspecified atom stereocenters. The molecule has 1 aromatic heterocycles. The van der Waals surface area contributed by atoms with Crippen molar-refractivity contribution in [3.63, 3.8) is 0 Å². The molecule has 0 radical (unpaired) electrons. The molecule has 0 spiro atoms. The molecule has 0 saturated heterocycles. The molecule has 0 bridgehead atoms. The van der Waals surface area contributed by atoms with Gasteiger partial charge in [-0.3, -0.25) is 9.59 Å². The first-order valence-corrected chi connectivity index (χ1v) is 8.06. The summed E-state index contributed by atoms with van der Waals surface area (Å²) in [4.78, 5) is 25.4. The maximum Gasteiger partial charge on any atom is 0.151 e. The highest BCUT2D eigenvalue weighted by atomic mass is 16.3. The van der Waals surface area contributed by atoms with E-state index in [0.717, 1.165) is 33.8 Å². The van der Waals surface area contributed by atoms with Gasteiger partial charge >= 0.3 is 0 Å². The normalized spacial score (nSPS) is 21.2. The van der Waals surface area contributed by atoms with Crippen LogP contribution >= 0.6 is 0 Å². The largest absolute Gasteiger partial charge is 0.466 e. The molecule has 3 nitrogen and oxygen atoms in total. The molecule has 3 rings (SSSR count). The highest BCUT2D eigenvalue weighted by Gasteiger charge is 2.43.